The highest BCUT2D eigenvalue weighted by Gasteiger charge is 2.21. The Kier molecular flexibility index (Phi) is 5.81. The fourth-order valence-electron chi connectivity index (χ4n) is 3.91. The van der Waals surface area contributed by atoms with Crippen LogP contribution in [0.2, 0.25) is 5.02 Å². The van der Waals surface area contributed by atoms with E-state index in [1.54, 1.807) is 0 Å². The molecule has 1 fully saturated rings. The molecule has 2 aromatic carbocycles. The van der Waals surface area contributed by atoms with E-state index in [9.17, 15) is 0 Å². The molecule has 1 atom stereocenters. The van der Waals surface area contributed by atoms with Gasteiger partial charge < -0.3 is 20.5 Å². The number of likely N-dealkylation sites (tertiary alicyclic amines) is 1. The molecule has 2 heterocycles. The van der Waals surface area contributed by atoms with Crippen LogP contribution < -0.4 is 10.6 Å². The van der Waals surface area contributed by atoms with E-state index in [4.69, 9.17) is 11.6 Å². The lowest BCUT2D eigenvalue weighted by molar-refractivity contribution is 0.272. The zero-order valence-electron chi connectivity index (χ0n) is 16.5. The summed E-state index contributed by atoms with van der Waals surface area (Å²) in [6.45, 7) is 11.1. The number of fused-ring (bicyclic) bond motifs is 1. The second kappa shape index (κ2) is 8.66. The van der Waals surface area contributed by atoms with E-state index in [0.717, 1.165) is 59.1 Å². The lowest BCUT2D eigenvalue weighted by Crippen LogP contribution is -2.46. The Bertz CT molecular complexity index is 1010. The molecule has 1 saturated heterocycles. The highest BCUT2D eigenvalue weighted by molar-refractivity contribution is 6.31. The largest absolute Gasteiger partial charge is 0.369 e. The number of nitrogens with one attached hydrogen (secondary N) is 3. The van der Waals surface area contributed by atoms with E-state index < -0.39 is 0 Å². The van der Waals surface area contributed by atoms with E-state index in [-0.39, 0.29) is 0 Å². The maximum Gasteiger partial charge on any atom is 0.0918 e. The number of nitrogens with zero attached hydrogens (tertiary/aromatic N) is 1. The van der Waals surface area contributed by atoms with Gasteiger partial charge in [0.2, 0.25) is 0 Å². The molecule has 1 aromatic heterocycles. The van der Waals surface area contributed by atoms with E-state index >= 15 is 0 Å². The van der Waals surface area contributed by atoms with Gasteiger partial charge >= 0.3 is 0 Å². The smallest absolute Gasteiger partial charge is 0.0918 e. The number of rotatable bonds is 7. The molecule has 4 rings (SSSR count). The van der Waals surface area contributed by atoms with Gasteiger partial charge in [0.25, 0.3) is 0 Å². The minimum Gasteiger partial charge on any atom is -0.369 e. The number of benzene rings is 2. The third-order valence-corrected chi connectivity index (χ3v) is 5.65. The molecular formula is C24H27ClN4. The fourth-order valence-corrected chi connectivity index (χ4v) is 4.09. The van der Waals surface area contributed by atoms with Crippen LogP contribution >= 0.6 is 11.6 Å². The summed E-state index contributed by atoms with van der Waals surface area (Å²) in [6, 6.07) is 18.7. The number of aromatic nitrogens is 1. The van der Waals surface area contributed by atoms with Gasteiger partial charge in [-0.1, -0.05) is 55.1 Å². The van der Waals surface area contributed by atoms with Crippen molar-refractivity contribution >= 4 is 28.2 Å². The summed E-state index contributed by atoms with van der Waals surface area (Å²) in [4.78, 5) is 5.78. The topological polar surface area (TPSA) is 43.1 Å². The number of H-pyrrole nitrogens is 1. The van der Waals surface area contributed by atoms with Crippen molar-refractivity contribution in [2.75, 3.05) is 13.1 Å². The summed E-state index contributed by atoms with van der Waals surface area (Å²) in [5, 5.41) is 8.80. The summed E-state index contributed by atoms with van der Waals surface area (Å²) < 4.78 is 0. The Labute approximate surface area is 177 Å². The molecule has 0 saturated carbocycles. The number of aromatic amines is 1. The van der Waals surface area contributed by atoms with Crippen LogP contribution in [0.5, 0.6) is 0 Å². The number of hydrogen-bond acceptors (Lipinski definition) is 3. The summed E-state index contributed by atoms with van der Waals surface area (Å²) in [6.07, 6.45) is 2.27. The second-order valence-corrected chi connectivity index (χ2v) is 8.04. The van der Waals surface area contributed by atoms with Gasteiger partial charge in [0, 0.05) is 46.4 Å². The van der Waals surface area contributed by atoms with Crippen LogP contribution in [0.4, 0.5) is 0 Å². The molecule has 3 aromatic rings. The van der Waals surface area contributed by atoms with Crippen LogP contribution in [-0.2, 0) is 6.54 Å². The maximum absolute atomic E-state index is 6.07. The van der Waals surface area contributed by atoms with Gasteiger partial charge in [0.05, 0.1) is 12.4 Å². The van der Waals surface area contributed by atoms with Gasteiger partial charge in [-0.05, 0) is 42.7 Å². The molecule has 0 amide bonds. The summed E-state index contributed by atoms with van der Waals surface area (Å²) in [5.41, 5.74) is 4.47. The van der Waals surface area contributed by atoms with E-state index in [1.165, 1.54) is 5.56 Å². The van der Waals surface area contributed by atoms with Crippen LogP contribution in [0.15, 0.2) is 73.6 Å². The molecule has 1 unspecified atom stereocenters. The van der Waals surface area contributed by atoms with Gasteiger partial charge in [-0.2, -0.15) is 0 Å². The zero-order valence-corrected chi connectivity index (χ0v) is 17.3. The summed E-state index contributed by atoms with van der Waals surface area (Å²) >= 11 is 6.07. The monoisotopic (exact) mass is 406 g/mol. The third kappa shape index (κ3) is 4.77. The molecule has 4 nitrogen and oxygen atoms in total. The normalized spacial score (nSPS) is 16.6. The number of halogens is 1. The predicted molar refractivity (Wildman–Crippen MR) is 122 cm³/mol. The Morgan fingerprint density at radius 2 is 1.97 bits per heavy atom. The zero-order chi connectivity index (χ0) is 20.2. The van der Waals surface area contributed by atoms with Crippen LogP contribution in [0, 0.1) is 0 Å². The molecule has 5 heteroatoms. The number of hydrogen-bond donors (Lipinski definition) is 3. The predicted octanol–water partition coefficient (Wildman–Crippen LogP) is 5.11. The number of piperidine rings is 1. The van der Waals surface area contributed by atoms with Crippen molar-refractivity contribution in [3.8, 4) is 0 Å². The first-order valence-corrected chi connectivity index (χ1v) is 10.4. The average molecular weight is 407 g/mol. The second-order valence-electron chi connectivity index (χ2n) is 7.60. The molecule has 0 spiro atoms. The Balaban J connectivity index is 1.30. The van der Waals surface area contributed by atoms with Gasteiger partial charge in [0.15, 0.2) is 0 Å². The molecule has 150 valence electrons. The van der Waals surface area contributed by atoms with Crippen molar-refractivity contribution in [3.63, 3.8) is 0 Å². The van der Waals surface area contributed by atoms with Crippen LogP contribution in [0.3, 0.4) is 0 Å². The molecule has 0 radical (unpaired) electrons. The lowest BCUT2D eigenvalue weighted by atomic mass is 10.0. The maximum atomic E-state index is 6.07. The van der Waals surface area contributed by atoms with Crippen molar-refractivity contribution in [2.24, 2.45) is 0 Å². The Morgan fingerprint density at radius 3 is 2.79 bits per heavy atom. The van der Waals surface area contributed by atoms with Gasteiger partial charge in [0.1, 0.15) is 0 Å². The Morgan fingerprint density at radius 1 is 1.14 bits per heavy atom. The molecule has 1 aliphatic rings. The van der Waals surface area contributed by atoms with Crippen LogP contribution in [0.25, 0.3) is 16.6 Å². The van der Waals surface area contributed by atoms with Gasteiger partial charge in [-0.25, -0.2) is 0 Å². The van der Waals surface area contributed by atoms with Crippen molar-refractivity contribution in [1.29, 1.82) is 0 Å². The fraction of sp³-hybridized carbons (Fsp3) is 0.250. The van der Waals surface area contributed by atoms with Crippen molar-refractivity contribution in [2.45, 2.75) is 25.4 Å². The quantitative estimate of drug-likeness (QED) is 0.511. The van der Waals surface area contributed by atoms with E-state index in [2.05, 4.69) is 64.0 Å². The molecule has 3 N–H and O–H groups in total. The first kappa shape index (κ1) is 19.5. The minimum atomic E-state index is 0.353. The van der Waals surface area contributed by atoms with E-state index in [0.29, 0.717) is 12.6 Å². The molecule has 0 bridgehead atoms. The Hall–Kier alpha value is -2.85. The van der Waals surface area contributed by atoms with Crippen molar-refractivity contribution in [1.82, 2.24) is 20.5 Å². The first-order chi connectivity index (χ1) is 14.1. The molecular weight excluding hydrogens is 380 g/mol. The van der Waals surface area contributed by atoms with Gasteiger partial charge in [-0.15, -0.1) is 0 Å². The molecule has 29 heavy (non-hydrogen) atoms. The third-order valence-electron chi connectivity index (χ3n) is 5.42. The van der Waals surface area contributed by atoms with Gasteiger partial charge in [-0.3, -0.25) is 0 Å². The summed E-state index contributed by atoms with van der Waals surface area (Å²) in [5.74, 6) is 0.846. The SMILES string of the molecule is C=C(NCc1cc2cc(Cl)ccc2[nH]1)NC1CCCN(C(=C)c2ccccc2)C1. The van der Waals surface area contributed by atoms with Crippen molar-refractivity contribution < 1.29 is 0 Å². The van der Waals surface area contributed by atoms with Crippen LogP contribution in [0.1, 0.15) is 24.1 Å². The lowest BCUT2D eigenvalue weighted by Gasteiger charge is -2.36. The standard InChI is InChI=1S/C24H27ClN4/c1-17(19-7-4-3-5-8-19)29-12-6-9-22(16-29)27-18(2)26-15-23-14-20-13-21(25)10-11-24(20)28-23/h3-5,7-8,10-11,13-14,22,26-28H,1-2,6,9,12,15-16H2. The summed E-state index contributed by atoms with van der Waals surface area (Å²) in [7, 11) is 0. The van der Waals surface area contributed by atoms with Crippen LogP contribution in [-0.4, -0.2) is 29.0 Å². The van der Waals surface area contributed by atoms with Crippen molar-refractivity contribution in [3.05, 3.63) is 89.9 Å². The minimum absolute atomic E-state index is 0.353. The van der Waals surface area contributed by atoms with E-state index in [1.807, 2.05) is 24.3 Å². The highest BCUT2D eigenvalue weighted by Crippen LogP contribution is 2.22. The first-order valence-electron chi connectivity index (χ1n) is 10.0. The molecule has 1 aliphatic heterocycles. The average Bonchev–Trinajstić information content (AvgIpc) is 3.14. The molecule has 0 aliphatic carbocycles. The highest BCUT2D eigenvalue weighted by atomic mass is 35.5.